The average Bonchev–Trinajstić information content (AvgIpc) is 2.67. The molecule has 1 amide bonds. The average molecular weight is 410 g/mol. The number of benzene rings is 2. The smallest absolute Gasteiger partial charge is 0.344 e. The highest BCUT2D eigenvalue weighted by atomic mass is 35.5. The van der Waals surface area contributed by atoms with Crippen molar-refractivity contribution in [1.82, 2.24) is 0 Å². The molecule has 0 heterocycles. The first-order valence-corrected chi connectivity index (χ1v) is 8.82. The molecule has 0 atom stereocenters. The lowest BCUT2D eigenvalue weighted by atomic mass is 10.1. The number of rotatable bonds is 8. The first-order valence-electron chi connectivity index (χ1n) is 8.06. The summed E-state index contributed by atoms with van der Waals surface area (Å²) in [6.07, 6.45) is 0.411. The fourth-order valence-electron chi connectivity index (χ4n) is 2.06. The monoisotopic (exact) mass is 409 g/mol. The Kier molecular flexibility index (Phi) is 7.64. The Balaban J connectivity index is 1.77. The molecule has 0 saturated heterocycles. The zero-order valence-electron chi connectivity index (χ0n) is 14.5. The van der Waals surface area contributed by atoms with E-state index in [0.29, 0.717) is 17.7 Å². The molecule has 0 saturated carbocycles. The van der Waals surface area contributed by atoms with Crippen LogP contribution in [0.3, 0.4) is 0 Å². The number of nitrogens with one attached hydrogen (secondary N) is 1. The van der Waals surface area contributed by atoms with E-state index in [4.69, 9.17) is 32.7 Å². The first-order chi connectivity index (χ1) is 12.9. The molecule has 0 aromatic heterocycles. The van der Waals surface area contributed by atoms with Crippen LogP contribution in [0.25, 0.3) is 0 Å². The number of esters is 1. The number of Topliss-reactive ketones (excluding diaryl/α,β-unsaturated/α-hetero) is 1. The van der Waals surface area contributed by atoms with Gasteiger partial charge in [0.05, 0.1) is 15.7 Å². The second-order valence-corrected chi connectivity index (χ2v) is 6.21. The van der Waals surface area contributed by atoms with Gasteiger partial charge in [-0.15, -0.1) is 0 Å². The largest absolute Gasteiger partial charge is 0.482 e. The van der Waals surface area contributed by atoms with Gasteiger partial charge in [0, 0.05) is 12.0 Å². The molecule has 0 unspecified atom stereocenters. The molecule has 0 bridgehead atoms. The van der Waals surface area contributed by atoms with Crippen molar-refractivity contribution in [3.63, 3.8) is 0 Å². The Hall–Kier alpha value is -2.57. The van der Waals surface area contributed by atoms with Crippen LogP contribution in [0.5, 0.6) is 5.75 Å². The normalized spacial score (nSPS) is 10.2. The number of ketones is 1. The number of carbonyl (C=O) groups excluding carboxylic acids is 3. The van der Waals surface area contributed by atoms with Gasteiger partial charge in [-0.05, 0) is 36.4 Å². The Morgan fingerprint density at radius 2 is 1.59 bits per heavy atom. The maximum absolute atomic E-state index is 11.8. The predicted octanol–water partition coefficient (Wildman–Crippen LogP) is 4.15. The van der Waals surface area contributed by atoms with E-state index in [0.717, 1.165) is 0 Å². The minimum atomic E-state index is -0.718. The number of halogens is 2. The van der Waals surface area contributed by atoms with E-state index in [-0.39, 0.29) is 28.1 Å². The van der Waals surface area contributed by atoms with Crippen molar-refractivity contribution in [2.45, 2.75) is 13.3 Å². The molecular weight excluding hydrogens is 393 g/mol. The van der Waals surface area contributed by atoms with Gasteiger partial charge in [0.15, 0.2) is 19.0 Å². The van der Waals surface area contributed by atoms with Crippen molar-refractivity contribution in [2.24, 2.45) is 0 Å². The molecule has 27 heavy (non-hydrogen) atoms. The number of carbonyl (C=O) groups is 3. The lowest BCUT2D eigenvalue weighted by Gasteiger charge is -2.10. The molecule has 6 nitrogen and oxygen atoms in total. The van der Waals surface area contributed by atoms with E-state index in [1.807, 2.05) is 0 Å². The number of para-hydroxylation sites is 1. The molecule has 142 valence electrons. The number of hydrogen-bond acceptors (Lipinski definition) is 5. The fraction of sp³-hybridized carbons (Fsp3) is 0.211. The maximum Gasteiger partial charge on any atom is 0.344 e. The molecule has 1 N–H and O–H groups in total. The molecular formula is C19H17Cl2NO5. The molecule has 0 aliphatic carbocycles. The second-order valence-electron chi connectivity index (χ2n) is 5.40. The Morgan fingerprint density at radius 1 is 0.963 bits per heavy atom. The minimum Gasteiger partial charge on any atom is -0.482 e. The van der Waals surface area contributed by atoms with Crippen LogP contribution >= 0.6 is 23.2 Å². The molecule has 2 aromatic carbocycles. The van der Waals surface area contributed by atoms with Crippen LogP contribution in [0.1, 0.15) is 23.7 Å². The molecule has 0 aliphatic heterocycles. The highest BCUT2D eigenvalue weighted by Crippen LogP contribution is 2.29. The quantitative estimate of drug-likeness (QED) is 0.523. The van der Waals surface area contributed by atoms with E-state index in [9.17, 15) is 14.4 Å². The Bertz CT molecular complexity index is 816. The summed E-state index contributed by atoms with van der Waals surface area (Å²) in [5.41, 5.74) is 0.821. The highest BCUT2D eigenvalue weighted by Gasteiger charge is 2.12. The van der Waals surface area contributed by atoms with Crippen molar-refractivity contribution in [3.05, 3.63) is 58.1 Å². The first kappa shape index (κ1) is 20.7. The van der Waals surface area contributed by atoms with E-state index in [1.54, 1.807) is 49.4 Å². The zero-order valence-corrected chi connectivity index (χ0v) is 16.0. The third-order valence-electron chi connectivity index (χ3n) is 3.45. The molecule has 8 heteroatoms. The van der Waals surface area contributed by atoms with Crippen molar-refractivity contribution >= 4 is 46.5 Å². The lowest BCUT2D eigenvalue weighted by Crippen LogP contribution is -2.23. The summed E-state index contributed by atoms with van der Waals surface area (Å²) >= 11 is 11.9. The zero-order chi connectivity index (χ0) is 19.8. The lowest BCUT2D eigenvalue weighted by molar-refractivity contribution is -0.149. The molecule has 0 radical (unpaired) electrons. The van der Waals surface area contributed by atoms with Gasteiger partial charge < -0.3 is 14.8 Å². The van der Waals surface area contributed by atoms with Crippen LogP contribution < -0.4 is 10.1 Å². The second kappa shape index (κ2) is 9.94. The standard InChI is InChI=1S/C19H17Cl2NO5/c1-2-16(23)12-6-8-13(9-7-12)26-11-18(25)27-10-17(24)22-19-14(20)4-3-5-15(19)21/h3-9H,2,10-11H2,1H3,(H,22,24). The molecule has 2 aromatic rings. The van der Waals surface area contributed by atoms with Crippen LogP contribution in [-0.2, 0) is 14.3 Å². The van der Waals surface area contributed by atoms with Crippen LogP contribution in [0, 0.1) is 0 Å². The number of anilines is 1. The van der Waals surface area contributed by atoms with Gasteiger partial charge in [0.2, 0.25) is 0 Å². The number of hydrogen-bond donors (Lipinski definition) is 1. The van der Waals surface area contributed by atoms with E-state index < -0.39 is 18.5 Å². The summed E-state index contributed by atoms with van der Waals surface area (Å²) in [6, 6.07) is 11.2. The van der Waals surface area contributed by atoms with Gasteiger partial charge in [-0.3, -0.25) is 9.59 Å². The summed E-state index contributed by atoms with van der Waals surface area (Å²) in [7, 11) is 0. The number of amides is 1. The highest BCUT2D eigenvalue weighted by molar-refractivity contribution is 6.39. The van der Waals surface area contributed by atoms with Gasteiger partial charge in [-0.25, -0.2) is 4.79 Å². The summed E-state index contributed by atoms with van der Waals surface area (Å²) in [4.78, 5) is 35.1. The van der Waals surface area contributed by atoms with Crippen molar-refractivity contribution in [3.8, 4) is 5.75 Å². The van der Waals surface area contributed by atoms with Crippen molar-refractivity contribution < 1.29 is 23.9 Å². The number of ether oxygens (including phenoxy) is 2. The van der Waals surface area contributed by atoms with E-state index in [1.165, 1.54) is 0 Å². The van der Waals surface area contributed by atoms with Crippen LogP contribution in [-0.4, -0.2) is 30.9 Å². The van der Waals surface area contributed by atoms with Crippen LogP contribution in [0.2, 0.25) is 10.0 Å². The van der Waals surface area contributed by atoms with Gasteiger partial charge in [0.25, 0.3) is 5.91 Å². The Morgan fingerprint density at radius 3 is 2.19 bits per heavy atom. The topological polar surface area (TPSA) is 81.7 Å². The SMILES string of the molecule is CCC(=O)c1ccc(OCC(=O)OCC(=O)Nc2c(Cl)cccc2Cl)cc1. The predicted molar refractivity (Wildman–Crippen MR) is 103 cm³/mol. The summed E-state index contributed by atoms with van der Waals surface area (Å²) in [6.45, 7) is 0.896. The summed E-state index contributed by atoms with van der Waals surface area (Å²) in [5.74, 6) is -0.873. The fourth-order valence-corrected chi connectivity index (χ4v) is 2.56. The third-order valence-corrected chi connectivity index (χ3v) is 4.08. The van der Waals surface area contributed by atoms with Gasteiger partial charge in [-0.2, -0.15) is 0 Å². The van der Waals surface area contributed by atoms with Crippen LogP contribution in [0.15, 0.2) is 42.5 Å². The van der Waals surface area contributed by atoms with E-state index in [2.05, 4.69) is 5.32 Å². The van der Waals surface area contributed by atoms with Gasteiger partial charge in [-0.1, -0.05) is 36.2 Å². The molecule has 0 fully saturated rings. The summed E-state index contributed by atoms with van der Waals surface area (Å²) < 4.78 is 10.1. The minimum absolute atomic E-state index is 0.0191. The molecule has 0 spiro atoms. The van der Waals surface area contributed by atoms with Crippen molar-refractivity contribution in [1.29, 1.82) is 0 Å². The third kappa shape index (κ3) is 6.27. The van der Waals surface area contributed by atoms with Gasteiger partial charge >= 0.3 is 5.97 Å². The maximum atomic E-state index is 11.8. The molecule has 0 aliphatic rings. The molecule has 2 rings (SSSR count). The summed E-state index contributed by atoms with van der Waals surface area (Å²) in [5, 5.41) is 3.02. The van der Waals surface area contributed by atoms with Crippen LogP contribution in [0.4, 0.5) is 5.69 Å². The van der Waals surface area contributed by atoms with E-state index >= 15 is 0 Å². The van der Waals surface area contributed by atoms with Gasteiger partial charge in [0.1, 0.15) is 5.75 Å². The van der Waals surface area contributed by atoms with Crippen molar-refractivity contribution in [2.75, 3.05) is 18.5 Å². The Labute approximate surface area is 166 Å².